The van der Waals surface area contributed by atoms with Gasteiger partial charge in [-0.25, -0.2) is 0 Å². The first kappa shape index (κ1) is 18.2. The lowest BCUT2D eigenvalue weighted by Gasteiger charge is -2.23. The molecule has 0 radical (unpaired) electrons. The normalized spacial score (nSPS) is 20.8. The number of allylic oxidation sites excluding steroid dienone is 7. The van der Waals surface area contributed by atoms with E-state index < -0.39 is 15.3 Å². The highest BCUT2D eigenvalue weighted by atomic mass is 16.6. The summed E-state index contributed by atoms with van der Waals surface area (Å²) in [6, 6.07) is 4.70. The zero-order chi connectivity index (χ0) is 19.9. The molecule has 2 aliphatic rings. The van der Waals surface area contributed by atoms with Gasteiger partial charge in [0.05, 0.1) is 9.85 Å². The number of hydrogen-bond donors (Lipinski definition) is 0. The van der Waals surface area contributed by atoms with Crippen molar-refractivity contribution in [2.75, 3.05) is 11.9 Å². The number of ketones is 1. The number of hydrogen-bond acceptors (Lipinski definition) is 6. The second-order valence-corrected chi connectivity index (χ2v) is 6.84. The number of benzene rings is 1. The van der Waals surface area contributed by atoms with Crippen LogP contribution in [0.2, 0.25) is 0 Å². The summed E-state index contributed by atoms with van der Waals surface area (Å²) in [7, 11) is 1.84. The van der Waals surface area contributed by atoms with Crippen molar-refractivity contribution in [3.8, 4) is 0 Å². The molecule has 0 fully saturated rings. The maximum atomic E-state index is 12.0. The number of anilines is 1. The summed E-state index contributed by atoms with van der Waals surface area (Å²) < 4.78 is 0. The molecule has 1 heterocycles. The van der Waals surface area contributed by atoms with Crippen LogP contribution in [0.25, 0.3) is 0 Å². The highest BCUT2D eigenvalue weighted by Gasteiger charge is 2.39. The predicted octanol–water partition coefficient (Wildman–Crippen LogP) is 3.43. The Labute approximate surface area is 155 Å². The van der Waals surface area contributed by atoms with Gasteiger partial charge in [-0.2, -0.15) is 0 Å². The molecule has 1 aromatic rings. The van der Waals surface area contributed by atoms with Gasteiger partial charge >= 0.3 is 0 Å². The summed E-state index contributed by atoms with van der Waals surface area (Å²) in [5.74, 6) is -0.316. The second kappa shape index (κ2) is 6.31. The van der Waals surface area contributed by atoms with Crippen molar-refractivity contribution in [2.24, 2.45) is 0 Å². The van der Waals surface area contributed by atoms with E-state index in [0.29, 0.717) is 0 Å². The van der Waals surface area contributed by atoms with Crippen molar-refractivity contribution in [1.29, 1.82) is 0 Å². The van der Waals surface area contributed by atoms with E-state index >= 15 is 0 Å². The van der Waals surface area contributed by atoms with Gasteiger partial charge in [-0.1, -0.05) is 13.8 Å². The minimum absolute atomic E-state index is 0.0148. The van der Waals surface area contributed by atoms with E-state index in [1.54, 1.807) is 24.3 Å². The molecule has 1 aliphatic heterocycles. The fraction of sp³-hybridized carbons (Fsp3) is 0.211. The Kier molecular flexibility index (Phi) is 4.27. The van der Waals surface area contributed by atoms with E-state index in [1.807, 2.05) is 25.8 Å². The molecule has 0 amide bonds. The molecule has 0 spiro atoms. The first-order chi connectivity index (χ1) is 12.6. The lowest BCUT2D eigenvalue weighted by molar-refractivity contribution is -0.419. The van der Waals surface area contributed by atoms with Crippen LogP contribution >= 0.6 is 0 Å². The Morgan fingerprint density at radius 2 is 1.78 bits per heavy atom. The fourth-order valence-corrected chi connectivity index (χ4v) is 3.39. The molecule has 0 saturated carbocycles. The highest BCUT2D eigenvalue weighted by molar-refractivity contribution is 6.07. The fourth-order valence-electron chi connectivity index (χ4n) is 3.39. The molecule has 0 aromatic heterocycles. The Morgan fingerprint density at radius 1 is 1.07 bits per heavy atom. The minimum atomic E-state index is -0.551. The Balaban J connectivity index is 2.04. The number of carbonyl (C=O) groups is 1. The van der Waals surface area contributed by atoms with Crippen LogP contribution in [0.4, 0.5) is 11.4 Å². The van der Waals surface area contributed by atoms with Crippen LogP contribution < -0.4 is 4.90 Å². The number of nitro benzene ring substituents is 1. The zero-order valence-corrected chi connectivity index (χ0v) is 15.0. The van der Waals surface area contributed by atoms with Crippen molar-refractivity contribution < 1.29 is 14.6 Å². The van der Waals surface area contributed by atoms with Crippen molar-refractivity contribution in [2.45, 2.75) is 19.3 Å². The summed E-state index contributed by atoms with van der Waals surface area (Å²) in [5.41, 5.74) is 2.01. The number of carbonyl (C=O) groups excluding carboxylic acids is 1. The van der Waals surface area contributed by atoms with E-state index in [-0.39, 0.29) is 22.7 Å². The summed E-state index contributed by atoms with van der Waals surface area (Å²) in [5, 5.41) is 22.0. The van der Waals surface area contributed by atoms with Crippen LogP contribution in [-0.2, 0) is 10.2 Å². The molecule has 1 aromatic carbocycles. The van der Waals surface area contributed by atoms with Gasteiger partial charge in [0.25, 0.3) is 11.4 Å². The average molecular weight is 367 g/mol. The zero-order valence-electron chi connectivity index (χ0n) is 15.0. The molecule has 138 valence electrons. The van der Waals surface area contributed by atoms with Crippen LogP contribution in [-0.4, -0.2) is 22.7 Å². The smallest absolute Gasteiger partial charge is 0.270 e. The molecule has 27 heavy (non-hydrogen) atoms. The van der Waals surface area contributed by atoms with Gasteiger partial charge in [0.2, 0.25) is 0 Å². The van der Waals surface area contributed by atoms with Crippen molar-refractivity contribution in [3.63, 3.8) is 0 Å². The highest BCUT2D eigenvalue weighted by Crippen LogP contribution is 2.48. The second-order valence-electron chi connectivity index (χ2n) is 6.84. The third-order valence-electron chi connectivity index (χ3n) is 4.85. The topological polar surface area (TPSA) is 107 Å². The Hall–Kier alpha value is -3.55. The first-order valence-electron chi connectivity index (χ1n) is 8.16. The number of nitro groups is 2. The van der Waals surface area contributed by atoms with Crippen LogP contribution in [0.3, 0.4) is 0 Å². The van der Waals surface area contributed by atoms with Crippen molar-refractivity contribution in [3.05, 3.63) is 91.3 Å². The maximum Gasteiger partial charge on any atom is 0.270 e. The molecule has 0 unspecified atom stereocenters. The third-order valence-corrected chi connectivity index (χ3v) is 4.85. The Bertz CT molecular complexity index is 999. The molecule has 0 bridgehead atoms. The van der Waals surface area contributed by atoms with Gasteiger partial charge in [0.15, 0.2) is 5.78 Å². The Morgan fingerprint density at radius 3 is 2.41 bits per heavy atom. The molecule has 1 aliphatic carbocycles. The summed E-state index contributed by atoms with van der Waals surface area (Å²) in [6.07, 6.45) is 6.85. The van der Waals surface area contributed by atoms with Gasteiger partial charge in [0.1, 0.15) is 0 Å². The molecule has 0 N–H and O–H groups in total. The lowest BCUT2D eigenvalue weighted by atomic mass is 9.83. The largest absolute Gasteiger partial charge is 0.347 e. The average Bonchev–Trinajstić information content (AvgIpc) is 2.80. The number of fused-ring (bicyclic) bond motifs is 1. The van der Waals surface area contributed by atoms with Crippen molar-refractivity contribution >= 4 is 17.2 Å². The number of non-ortho nitro benzene ring substituents is 1. The van der Waals surface area contributed by atoms with E-state index in [4.69, 9.17) is 0 Å². The van der Waals surface area contributed by atoms with Crippen molar-refractivity contribution in [1.82, 2.24) is 0 Å². The van der Waals surface area contributed by atoms with Gasteiger partial charge in [-0.05, 0) is 29.9 Å². The van der Waals surface area contributed by atoms with E-state index in [9.17, 15) is 25.0 Å². The number of rotatable bonds is 3. The quantitative estimate of drug-likeness (QED) is 0.460. The van der Waals surface area contributed by atoms with Crippen LogP contribution in [0.5, 0.6) is 0 Å². The van der Waals surface area contributed by atoms with Crippen LogP contribution in [0.1, 0.15) is 19.4 Å². The summed E-state index contributed by atoms with van der Waals surface area (Å²) >= 11 is 0. The molecule has 0 saturated heterocycles. The van der Waals surface area contributed by atoms with E-state index in [0.717, 1.165) is 16.9 Å². The lowest BCUT2D eigenvalue weighted by Crippen LogP contribution is -2.22. The SMILES string of the molecule is CN1/C(=C\C=C2\C=C([N+](=O)[O-])C=CC2=O)C(C)(C)c2cc([N+](=O)[O-])ccc21. The monoisotopic (exact) mass is 367 g/mol. The minimum Gasteiger partial charge on any atom is -0.347 e. The van der Waals surface area contributed by atoms with Crippen LogP contribution in [0.15, 0.2) is 65.5 Å². The maximum absolute atomic E-state index is 12.0. The predicted molar refractivity (Wildman–Crippen MR) is 99.9 cm³/mol. The number of likely N-dealkylation sites (N-methyl/N-ethyl adjacent to an activating group) is 1. The van der Waals surface area contributed by atoms with Gasteiger partial charge in [-0.15, -0.1) is 0 Å². The van der Waals surface area contributed by atoms with Crippen LogP contribution in [0, 0.1) is 20.2 Å². The summed E-state index contributed by atoms with van der Waals surface area (Å²) in [6.45, 7) is 3.87. The third kappa shape index (κ3) is 3.05. The van der Waals surface area contributed by atoms with Gasteiger partial charge in [-0.3, -0.25) is 25.0 Å². The molecule has 0 atom stereocenters. The number of nitrogens with zero attached hydrogens (tertiary/aromatic N) is 3. The molecular weight excluding hydrogens is 350 g/mol. The molecule has 3 rings (SSSR count). The standard InChI is InChI=1S/C19H17N3O5/c1-19(2)15-11-14(22(26)27)5-7-16(15)20(3)18(19)9-4-12-10-13(21(24)25)6-8-17(12)23/h4-11H,1-3H3/b12-4-,18-9-. The summed E-state index contributed by atoms with van der Waals surface area (Å²) in [4.78, 5) is 34.9. The van der Waals surface area contributed by atoms with Gasteiger partial charge < -0.3 is 4.90 Å². The van der Waals surface area contributed by atoms with E-state index in [2.05, 4.69) is 0 Å². The molecular formula is C19H17N3O5. The van der Waals surface area contributed by atoms with Gasteiger partial charge in [0, 0.05) is 53.7 Å². The first-order valence-corrected chi connectivity index (χ1v) is 8.16. The molecule has 8 heteroatoms. The van der Waals surface area contributed by atoms with E-state index in [1.165, 1.54) is 24.3 Å². The molecule has 8 nitrogen and oxygen atoms in total.